The molecule has 0 rings (SSSR count). The quantitative estimate of drug-likeness (QED) is 0.336. The maximum absolute atomic E-state index is 8.76. The van der Waals surface area contributed by atoms with Crippen LogP contribution in [0.5, 0.6) is 0 Å². The molecule has 92 valence electrons. The first-order valence-corrected chi connectivity index (χ1v) is 7.98. The zero-order chi connectivity index (χ0) is 11.6. The molecule has 15 heavy (non-hydrogen) atoms. The summed E-state index contributed by atoms with van der Waals surface area (Å²) in [6, 6.07) is 0.181. The monoisotopic (exact) mass is 235 g/mol. The summed E-state index contributed by atoms with van der Waals surface area (Å²) in [6.07, 6.45) is 8.83. The van der Waals surface area contributed by atoms with Crippen LogP contribution in [0.3, 0.4) is 0 Å². The molecule has 0 unspecified atom stereocenters. The Morgan fingerprint density at radius 3 is 1.47 bits per heavy atom. The first-order chi connectivity index (χ1) is 7.06. The van der Waals surface area contributed by atoms with Crippen LogP contribution >= 0.6 is 0 Å². The van der Waals surface area contributed by atoms with E-state index in [0.717, 1.165) is 32.2 Å². The van der Waals surface area contributed by atoms with Gasteiger partial charge in [0.25, 0.3) is 0 Å². The minimum Gasteiger partial charge on any atom is -0.390 e. The zero-order valence-electron chi connectivity index (χ0n) is 9.49. The van der Waals surface area contributed by atoms with Crippen molar-refractivity contribution in [1.29, 1.82) is 0 Å². The fourth-order valence-electron chi connectivity index (χ4n) is 1.57. The normalized spacial score (nSPS) is 12.0. The maximum atomic E-state index is 8.76. The summed E-state index contributed by atoms with van der Waals surface area (Å²) in [5.74, 6) is 0. The lowest BCUT2D eigenvalue weighted by Gasteiger charge is -2.08. The fourth-order valence-corrected chi connectivity index (χ4v) is 2.29. The van der Waals surface area contributed by atoms with E-state index in [4.69, 9.17) is 20.1 Å². The molecule has 0 amide bonds. The molecule has 0 aromatic heterocycles. The van der Waals surface area contributed by atoms with E-state index in [1.165, 1.54) is 25.7 Å². The van der Waals surface area contributed by atoms with Crippen molar-refractivity contribution in [3.63, 3.8) is 0 Å². The van der Waals surface area contributed by atoms with Gasteiger partial charge in [-0.2, -0.15) is 0 Å². The highest BCUT2D eigenvalue weighted by Crippen LogP contribution is 2.11. The highest BCUT2D eigenvalue weighted by atomic mass is 28.4. The van der Waals surface area contributed by atoms with E-state index in [2.05, 4.69) is 0 Å². The Balaban J connectivity index is 2.99. The first-order valence-electron chi connectivity index (χ1n) is 5.93. The van der Waals surface area contributed by atoms with Crippen LogP contribution in [0.15, 0.2) is 0 Å². The lowest BCUT2D eigenvalue weighted by molar-refractivity contribution is 0.226. The summed E-state index contributed by atoms with van der Waals surface area (Å²) < 4.78 is 0. The van der Waals surface area contributed by atoms with Crippen molar-refractivity contribution in [2.24, 2.45) is 5.73 Å². The van der Waals surface area contributed by atoms with Crippen LogP contribution in [-0.2, 0) is 0 Å². The van der Waals surface area contributed by atoms with Gasteiger partial charge >= 0.3 is 8.80 Å². The van der Waals surface area contributed by atoms with Crippen molar-refractivity contribution < 1.29 is 14.4 Å². The third kappa shape index (κ3) is 14.1. The zero-order valence-corrected chi connectivity index (χ0v) is 10.5. The number of rotatable bonds is 10. The van der Waals surface area contributed by atoms with Gasteiger partial charge in [-0.05, 0) is 19.4 Å². The molecule has 4 nitrogen and oxygen atoms in total. The molecular formula is C10H25NO3Si. The molecular weight excluding hydrogens is 210 g/mol. The van der Waals surface area contributed by atoms with Gasteiger partial charge in [-0.3, -0.25) is 0 Å². The molecule has 0 aromatic rings. The minimum absolute atomic E-state index is 0.181. The van der Waals surface area contributed by atoms with Gasteiger partial charge in [-0.25, -0.2) is 0 Å². The third-order valence-corrected chi connectivity index (χ3v) is 3.49. The Kier molecular flexibility index (Phi) is 9.33. The Hall–Kier alpha value is 0.0569. The van der Waals surface area contributed by atoms with Crippen molar-refractivity contribution in [2.75, 3.05) is 6.54 Å². The van der Waals surface area contributed by atoms with Gasteiger partial charge in [0, 0.05) is 6.04 Å². The highest BCUT2D eigenvalue weighted by molar-refractivity contribution is 6.56. The molecule has 0 heterocycles. The van der Waals surface area contributed by atoms with Gasteiger partial charge in [-0.1, -0.05) is 38.5 Å². The Morgan fingerprint density at radius 1 is 0.667 bits per heavy atom. The number of nitrogens with two attached hydrogens (primary N) is 1. The second-order valence-electron chi connectivity index (χ2n) is 4.14. The van der Waals surface area contributed by atoms with Crippen molar-refractivity contribution in [3.8, 4) is 0 Å². The number of hydrogen-bond donors (Lipinski definition) is 4. The smallest absolute Gasteiger partial charge is 0.390 e. The molecule has 0 aromatic carbocycles. The second-order valence-corrected chi connectivity index (χ2v) is 6.19. The summed E-state index contributed by atoms with van der Waals surface area (Å²) in [5.41, 5.74) is 5.38. The van der Waals surface area contributed by atoms with Crippen molar-refractivity contribution in [2.45, 2.75) is 57.4 Å². The third-order valence-electron chi connectivity index (χ3n) is 2.47. The second kappa shape index (κ2) is 9.29. The van der Waals surface area contributed by atoms with E-state index in [9.17, 15) is 0 Å². The lowest BCUT2D eigenvalue weighted by atomic mass is 10.1. The average molecular weight is 235 g/mol. The number of unbranched alkanes of at least 4 members (excludes halogenated alkanes) is 7. The molecule has 0 aliphatic rings. The average Bonchev–Trinajstić information content (AvgIpc) is 2.14. The maximum Gasteiger partial charge on any atom is 0.492 e. The number of hydrogen-bond acceptors (Lipinski definition) is 4. The van der Waals surface area contributed by atoms with E-state index in [0.29, 0.717) is 0 Å². The SMILES string of the molecule is NCCCCCCCCCC[Si](O)(O)O. The van der Waals surface area contributed by atoms with E-state index < -0.39 is 8.80 Å². The van der Waals surface area contributed by atoms with Crippen molar-refractivity contribution in [1.82, 2.24) is 0 Å². The van der Waals surface area contributed by atoms with E-state index in [-0.39, 0.29) is 6.04 Å². The highest BCUT2D eigenvalue weighted by Gasteiger charge is 2.25. The van der Waals surface area contributed by atoms with Crippen LogP contribution in [0, 0.1) is 0 Å². The summed E-state index contributed by atoms with van der Waals surface area (Å²) in [4.78, 5) is 26.3. The Morgan fingerprint density at radius 2 is 1.07 bits per heavy atom. The molecule has 0 aliphatic carbocycles. The molecule has 0 saturated heterocycles. The van der Waals surface area contributed by atoms with Crippen molar-refractivity contribution in [3.05, 3.63) is 0 Å². The predicted molar refractivity (Wildman–Crippen MR) is 63.2 cm³/mol. The summed E-state index contributed by atoms with van der Waals surface area (Å²) in [5, 5.41) is 0. The van der Waals surface area contributed by atoms with Gasteiger partial charge in [0.1, 0.15) is 0 Å². The summed E-state index contributed by atoms with van der Waals surface area (Å²) in [6.45, 7) is 0.788. The van der Waals surface area contributed by atoms with Gasteiger partial charge in [0.2, 0.25) is 0 Å². The lowest BCUT2D eigenvalue weighted by Crippen LogP contribution is -2.33. The fraction of sp³-hybridized carbons (Fsp3) is 1.00. The molecule has 0 bridgehead atoms. The largest absolute Gasteiger partial charge is 0.492 e. The standard InChI is InChI=1S/C10H25NO3Si/c11-9-7-5-3-1-2-4-6-8-10-15(12,13)14/h12-14H,1-11H2. The van der Waals surface area contributed by atoms with Gasteiger partial charge in [0.15, 0.2) is 0 Å². The minimum atomic E-state index is -3.76. The van der Waals surface area contributed by atoms with Gasteiger partial charge in [-0.15, -0.1) is 0 Å². The van der Waals surface area contributed by atoms with E-state index in [1.54, 1.807) is 0 Å². The summed E-state index contributed by atoms with van der Waals surface area (Å²) >= 11 is 0. The topological polar surface area (TPSA) is 86.7 Å². The van der Waals surface area contributed by atoms with E-state index in [1.807, 2.05) is 0 Å². The Bertz CT molecular complexity index is 139. The first kappa shape index (κ1) is 15.1. The molecule has 0 spiro atoms. The molecule has 5 N–H and O–H groups in total. The predicted octanol–water partition coefficient (Wildman–Crippen LogP) is 0.982. The molecule has 5 heteroatoms. The summed E-state index contributed by atoms with van der Waals surface area (Å²) in [7, 11) is -3.76. The molecule has 0 radical (unpaired) electrons. The van der Waals surface area contributed by atoms with Gasteiger partial charge < -0.3 is 20.1 Å². The molecule has 0 saturated carbocycles. The Labute approximate surface area is 93.5 Å². The molecule has 0 fully saturated rings. The van der Waals surface area contributed by atoms with Crippen LogP contribution in [-0.4, -0.2) is 29.7 Å². The van der Waals surface area contributed by atoms with Crippen LogP contribution < -0.4 is 5.73 Å². The van der Waals surface area contributed by atoms with Crippen LogP contribution in [0.4, 0.5) is 0 Å². The van der Waals surface area contributed by atoms with E-state index >= 15 is 0 Å². The van der Waals surface area contributed by atoms with Gasteiger partial charge in [0.05, 0.1) is 0 Å². The van der Waals surface area contributed by atoms with Crippen LogP contribution in [0.25, 0.3) is 0 Å². The molecule has 0 atom stereocenters. The van der Waals surface area contributed by atoms with Crippen molar-refractivity contribution >= 4 is 8.80 Å². The molecule has 0 aliphatic heterocycles. The van der Waals surface area contributed by atoms with Crippen LogP contribution in [0.2, 0.25) is 6.04 Å². The van der Waals surface area contributed by atoms with Crippen LogP contribution in [0.1, 0.15) is 51.4 Å².